The number of imidazole rings is 1. The van der Waals surface area contributed by atoms with Crippen LogP contribution in [0.15, 0.2) is 12.4 Å². The van der Waals surface area contributed by atoms with Crippen LogP contribution in [0.25, 0.3) is 0 Å². The second-order valence-corrected chi connectivity index (χ2v) is 4.19. The Morgan fingerprint density at radius 1 is 1.38 bits per heavy atom. The van der Waals surface area contributed by atoms with E-state index in [1.807, 2.05) is 11.8 Å². The topological polar surface area (TPSA) is 8.81 Å². The van der Waals surface area contributed by atoms with E-state index < -0.39 is 0 Å². The van der Waals surface area contributed by atoms with E-state index in [0.717, 1.165) is 18.8 Å². The second-order valence-electron chi connectivity index (χ2n) is 2.95. The maximum Gasteiger partial charge on any atom is 0.256 e. The predicted molar refractivity (Wildman–Crippen MR) is 57.8 cm³/mol. The van der Waals surface area contributed by atoms with Gasteiger partial charge in [-0.1, -0.05) is 13.8 Å². The van der Waals surface area contributed by atoms with Gasteiger partial charge < -0.3 is 0 Å². The highest BCUT2D eigenvalue weighted by atomic mass is 32.2. The average Bonchev–Trinajstić information content (AvgIpc) is 2.56. The van der Waals surface area contributed by atoms with Crippen molar-refractivity contribution in [2.75, 3.05) is 5.75 Å². The van der Waals surface area contributed by atoms with Gasteiger partial charge in [0.1, 0.15) is 18.3 Å². The molecule has 0 radical (unpaired) electrons. The zero-order valence-electron chi connectivity index (χ0n) is 8.79. The monoisotopic (exact) mass is 199 g/mol. The predicted octanol–water partition coefficient (Wildman–Crippen LogP) is 2.07. The molecule has 13 heavy (non-hydrogen) atoms. The average molecular weight is 199 g/mol. The van der Waals surface area contributed by atoms with Gasteiger partial charge in [0.25, 0.3) is 5.82 Å². The summed E-state index contributed by atoms with van der Waals surface area (Å²) < 4.78 is 4.66. The van der Waals surface area contributed by atoms with Crippen LogP contribution in [-0.2, 0) is 18.8 Å². The van der Waals surface area contributed by atoms with Crippen molar-refractivity contribution in [3.63, 3.8) is 0 Å². The fourth-order valence-corrected chi connectivity index (χ4v) is 2.11. The fraction of sp³-hybridized carbons (Fsp3) is 0.700. The molecule has 1 heterocycles. The molecular weight excluding hydrogens is 180 g/mol. The molecule has 1 aromatic heterocycles. The van der Waals surface area contributed by atoms with Crippen molar-refractivity contribution in [2.24, 2.45) is 0 Å². The van der Waals surface area contributed by atoms with Gasteiger partial charge in [-0.15, -0.1) is 11.8 Å². The summed E-state index contributed by atoms with van der Waals surface area (Å²) in [4.78, 5) is 0. The van der Waals surface area contributed by atoms with E-state index in [9.17, 15) is 0 Å². The lowest BCUT2D eigenvalue weighted by atomic mass is 10.4. The lowest BCUT2D eigenvalue weighted by molar-refractivity contribution is -0.683. The summed E-state index contributed by atoms with van der Waals surface area (Å²) in [7, 11) is 0. The first-order valence-corrected chi connectivity index (χ1v) is 6.14. The van der Waals surface area contributed by atoms with E-state index in [4.69, 9.17) is 0 Å². The molecular formula is C10H19N2S+. The molecule has 0 saturated carbocycles. The second kappa shape index (κ2) is 5.32. The first kappa shape index (κ1) is 10.6. The highest BCUT2D eigenvalue weighted by molar-refractivity contribution is 7.98. The van der Waals surface area contributed by atoms with Gasteiger partial charge in [0, 0.05) is 6.42 Å². The Morgan fingerprint density at radius 3 is 2.69 bits per heavy atom. The van der Waals surface area contributed by atoms with E-state index in [1.165, 1.54) is 11.6 Å². The Kier molecular flexibility index (Phi) is 4.36. The molecule has 1 aromatic rings. The molecule has 3 heteroatoms. The molecule has 1 rings (SSSR count). The van der Waals surface area contributed by atoms with Crippen LogP contribution in [-0.4, -0.2) is 10.3 Å². The minimum atomic E-state index is 1.08. The molecule has 0 aliphatic carbocycles. The van der Waals surface area contributed by atoms with Crippen molar-refractivity contribution in [3.8, 4) is 0 Å². The number of nitrogens with zero attached hydrogens (tertiary/aromatic N) is 2. The zero-order chi connectivity index (χ0) is 9.68. The molecule has 2 nitrogen and oxygen atoms in total. The third kappa shape index (κ3) is 2.50. The third-order valence-corrected chi connectivity index (χ3v) is 3.05. The van der Waals surface area contributed by atoms with Crippen molar-refractivity contribution in [1.82, 2.24) is 4.57 Å². The van der Waals surface area contributed by atoms with Gasteiger partial charge in [0.15, 0.2) is 0 Å². The zero-order valence-corrected chi connectivity index (χ0v) is 9.60. The lowest BCUT2D eigenvalue weighted by Gasteiger charge is -2.00. The molecule has 0 saturated heterocycles. The first-order chi connectivity index (χ1) is 6.33. The SMILES string of the molecule is CCSC[n+]1ccn(CC)c1CC. The molecule has 0 amide bonds. The highest BCUT2D eigenvalue weighted by Crippen LogP contribution is 2.02. The van der Waals surface area contributed by atoms with Crippen molar-refractivity contribution in [2.45, 2.75) is 39.6 Å². The third-order valence-electron chi connectivity index (χ3n) is 2.18. The van der Waals surface area contributed by atoms with Gasteiger partial charge in [-0.3, -0.25) is 0 Å². The van der Waals surface area contributed by atoms with Gasteiger partial charge in [0.05, 0.1) is 6.54 Å². The fourth-order valence-electron chi connectivity index (χ4n) is 1.50. The number of rotatable bonds is 5. The van der Waals surface area contributed by atoms with Crippen molar-refractivity contribution < 1.29 is 4.57 Å². The number of thioether (sulfide) groups is 1. The molecule has 0 unspecified atom stereocenters. The Morgan fingerprint density at radius 2 is 2.15 bits per heavy atom. The Hall–Kier alpha value is -0.440. The summed E-state index contributed by atoms with van der Waals surface area (Å²) in [5.74, 6) is 3.71. The van der Waals surface area contributed by atoms with Crippen LogP contribution in [0.4, 0.5) is 0 Å². The maximum absolute atomic E-state index is 2.34. The number of hydrogen-bond acceptors (Lipinski definition) is 1. The summed E-state index contributed by atoms with van der Waals surface area (Å²) in [5, 5.41) is 0. The maximum atomic E-state index is 2.34. The Labute approximate surface area is 85.0 Å². The molecule has 0 aromatic carbocycles. The van der Waals surface area contributed by atoms with Gasteiger partial charge in [0.2, 0.25) is 0 Å². The molecule has 0 bridgehead atoms. The largest absolute Gasteiger partial charge is 0.256 e. The van der Waals surface area contributed by atoms with Crippen molar-refractivity contribution >= 4 is 11.8 Å². The Balaban J connectivity index is 2.75. The van der Waals surface area contributed by atoms with Crippen LogP contribution in [0, 0.1) is 0 Å². The van der Waals surface area contributed by atoms with Crippen LogP contribution in [0.3, 0.4) is 0 Å². The van der Waals surface area contributed by atoms with Gasteiger partial charge in [-0.2, -0.15) is 0 Å². The molecule has 0 fully saturated rings. The van der Waals surface area contributed by atoms with Crippen LogP contribution < -0.4 is 4.57 Å². The van der Waals surface area contributed by atoms with Crippen LogP contribution in [0.5, 0.6) is 0 Å². The smallest absolute Gasteiger partial charge is 0.235 e. The normalized spacial score (nSPS) is 10.7. The highest BCUT2D eigenvalue weighted by Gasteiger charge is 2.12. The van der Waals surface area contributed by atoms with Gasteiger partial charge >= 0.3 is 0 Å². The van der Waals surface area contributed by atoms with Gasteiger partial charge in [-0.05, 0) is 12.7 Å². The molecule has 0 N–H and O–H groups in total. The number of aromatic nitrogens is 2. The number of aryl methyl sites for hydroxylation is 1. The van der Waals surface area contributed by atoms with Crippen LogP contribution in [0.1, 0.15) is 26.6 Å². The summed E-state index contributed by atoms with van der Waals surface area (Å²) in [6.45, 7) is 7.69. The van der Waals surface area contributed by atoms with Crippen LogP contribution in [0.2, 0.25) is 0 Å². The molecule has 0 aliphatic heterocycles. The molecule has 0 spiro atoms. The summed E-state index contributed by atoms with van der Waals surface area (Å²) >= 11 is 1.96. The summed E-state index contributed by atoms with van der Waals surface area (Å²) in [6.07, 6.45) is 5.48. The molecule has 74 valence electrons. The minimum Gasteiger partial charge on any atom is -0.235 e. The first-order valence-electron chi connectivity index (χ1n) is 4.98. The van der Waals surface area contributed by atoms with E-state index >= 15 is 0 Å². The van der Waals surface area contributed by atoms with E-state index in [-0.39, 0.29) is 0 Å². The number of hydrogen-bond donors (Lipinski definition) is 0. The molecule has 0 aliphatic rings. The van der Waals surface area contributed by atoms with E-state index in [2.05, 4.69) is 42.3 Å². The Bertz CT molecular complexity index is 255. The molecule has 0 atom stereocenters. The quantitative estimate of drug-likeness (QED) is 0.659. The van der Waals surface area contributed by atoms with Gasteiger partial charge in [-0.25, -0.2) is 9.13 Å². The summed E-state index contributed by atoms with van der Waals surface area (Å²) in [6, 6.07) is 0. The van der Waals surface area contributed by atoms with Crippen LogP contribution >= 0.6 is 11.8 Å². The standard InChI is InChI=1S/C10H19N2S/c1-4-10-11(5-2)7-8-12(10)9-13-6-3/h7-8H,4-6,9H2,1-3H3/q+1. The minimum absolute atomic E-state index is 1.08. The van der Waals surface area contributed by atoms with Crippen molar-refractivity contribution in [1.29, 1.82) is 0 Å². The van der Waals surface area contributed by atoms with E-state index in [1.54, 1.807) is 0 Å². The van der Waals surface area contributed by atoms with E-state index in [0.29, 0.717) is 0 Å². The van der Waals surface area contributed by atoms with Crippen molar-refractivity contribution in [3.05, 3.63) is 18.2 Å². The summed E-state index contributed by atoms with van der Waals surface area (Å²) in [5.41, 5.74) is 0. The lowest BCUT2D eigenvalue weighted by Crippen LogP contribution is -2.35.